The van der Waals surface area contributed by atoms with Gasteiger partial charge < -0.3 is 19.5 Å². The van der Waals surface area contributed by atoms with Gasteiger partial charge in [-0.05, 0) is 38.1 Å². The molecule has 0 aliphatic carbocycles. The lowest BCUT2D eigenvalue weighted by atomic mass is 9.90. The number of pyridine rings is 1. The van der Waals surface area contributed by atoms with Crippen molar-refractivity contribution in [1.82, 2.24) is 14.8 Å². The zero-order valence-electron chi connectivity index (χ0n) is 17.3. The molecule has 7 nitrogen and oxygen atoms in total. The molecule has 1 aromatic carbocycles. The van der Waals surface area contributed by atoms with Crippen molar-refractivity contribution in [3.63, 3.8) is 0 Å². The van der Waals surface area contributed by atoms with Gasteiger partial charge in [0.2, 0.25) is 0 Å². The molecule has 1 amide bonds. The number of nitrogens with zero attached hydrogens (tertiary/aromatic N) is 3. The topological polar surface area (TPSA) is 75.1 Å². The first-order valence-electron chi connectivity index (χ1n) is 9.77. The molecule has 0 unspecified atom stereocenters. The van der Waals surface area contributed by atoms with Crippen LogP contribution in [0.15, 0.2) is 42.6 Å². The molecule has 0 spiro atoms. The number of hydrogen-bond acceptors (Lipinski definition) is 6. The number of hydrogen-bond donors (Lipinski definition) is 1. The van der Waals surface area contributed by atoms with E-state index in [1.54, 1.807) is 25.3 Å². The standard InChI is InChI=1S/C22H29N3O4/c1-24(15-18-9-4-5-12-23-18)16-22(27)11-7-13-25(21(22)26)14-17-8-6-10-19(28-2)20(17)29-3/h4-6,8-10,12,27H,7,11,13-16H2,1-3H3/t22-/m1/s1. The van der Waals surface area contributed by atoms with Crippen LogP contribution in [0.3, 0.4) is 0 Å². The minimum atomic E-state index is -1.41. The summed E-state index contributed by atoms with van der Waals surface area (Å²) < 4.78 is 10.8. The first kappa shape index (κ1) is 21.1. The lowest BCUT2D eigenvalue weighted by Gasteiger charge is -2.40. The number of methoxy groups -OCH3 is 2. The Balaban J connectivity index is 1.71. The number of ether oxygens (including phenoxy) is 2. The number of amides is 1. The van der Waals surface area contributed by atoms with Crippen LogP contribution in [0.5, 0.6) is 11.5 Å². The molecule has 1 fully saturated rings. The molecule has 1 N–H and O–H groups in total. The minimum Gasteiger partial charge on any atom is -0.493 e. The van der Waals surface area contributed by atoms with Crippen molar-refractivity contribution in [3.05, 3.63) is 53.9 Å². The first-order chi connectivity index (χ1) is 14.0. The Morgan fingerprint density at radius 1 is 1.21 bits per heavy atom. The van der Waals surface area contributed by atoms with Crippen LogP contribution in [0.4, 0.5) is 0 Å². The van der Waals surface area contributed by atoms with Crippen molar-refractivity contribution < 1.29 is 19.4 Å². The highest BCUT2D eigenvalue weighted by atomic mass is 16.5. The molecule has 2 aromatic rings. The number of likely N-dealkylation sites (N-methyl/N-ethyl adjacent to an activating group) is 1. The van der Waals surface area contributed by atoms with Gasteiger partial charge >= 0.3 is 0 Å². The van der Waals surface area contributed by atoms with E-state index in [1.165, 1.54) is 0 Å². The van der Waals surface area contributed by atoms with Crippen molar-refractivity contribution in [2.24, 2.45) is 0 Å². The summed E-state index contributed by atoms with van der Waals surface area (Å²) in [4.78, 5) is 21.1. The predicted molar refractivity (Wildman–Crippen MR) is 110 cm³/mol. The van der Waals surface area contributed by atoms with E-state index in [1.807, 2.05) is 48.3 Å². The second kappa shape index (κ2) is 9.24. The predicted octanol–water partition coefficient (Wildman–Crippen LogP) is 2.08. The Hall–Kier alpha value is -2.64. The van der Waals surface area contributed by atoms with Gasteiger partial charge in [-0.25, -0.2) is 0 Å². The molecule has 1 aliphatic rings. The Bertz CT molecular complexity index is 830. The molecular formula is C22H29N3O4. The summed E-state index contributed by atoms with van der Waals surface area (Å²) in [5, 5.41) is 11.2. The van der Waals surface area contributed by atoms with E-state index < -0.39 is 5.60 Å². The molecule has 7 heteroatoms. The van der Waals surface area contributed by atoms with Gasteiger partial charge in [-0.3, -0.25) is 14.7 Å². The lowest BCUT2D eigenvalue weighted by molar-refractivity contribution is -0.160. The van der Waals surface area contributed by atoms with Gasteiger partial charge in [-0.15, -0.1) is 0 Å². The molecule has 1 aromatic heterocycles. The second-order valence-electron chi connectivity index (χ2n) is 7.51. The van der Waals surface area contributed by atoms with Crippen molar-refractivity contribution in [2.75, 3.05) is 34.4 Å². The van der Waals surface area contributed by atoms with Crippen LogP contribution in [-0.2, 0) is 17.9 Å². The van der Waals surface area contributed by atoms with E-state index >= 15 is 0 Å². The molecule has 0 bridgehead atoms. The summed E-state index contributed by atoms with van der Waals surface area (Å²) in [7, 11) is 5.07. The van der Waals surface area contributed by atoms with Crippen LogP contribution >= 0.6 is 0 Å². The fourth-order valence-electron chi connectivity index (χ4n) is 3.92. The summed E-state index contributed by atoms with van der Waals surface area (Å²) in [6, 6.07) is 11.3. The van der Waals surface area contributed by atoms with Crippen molar-refractivity contribution >= 4 is 5.91 Å². The highest BCUT2D eigenvalue weighted by Crippen LogP contribution is 2.33. The second-order valence-corrected chi connectivity index (χ2v) is 7.51. The first-order valence-corrected chi connectivity index (χ1v) is 9.77. The maximum Gasteiger partial charge on any atom is 0.256 e. The molecule has 156 valence electrons. The number of piperidine rings is 1. The van der Waals surface area contributed by atoms with Crippen molar-refractivity contribution in [1.29, 1.82) is 0 Å². The third kappa shape index (κ3) is 4.86. The average molecular weight is 399 g/mol. The summed E-state index contributed by atoms with van der Waals surface area (Å²) in [5.74, 6) is 0.991. The number of carbonyl (C=O) groups excluding carboxylic acids is 1. The van der Waals surface area contributed by atoms with Gasteiger partial charge in [0, 0.05) is 37.9 Å². The maximum atomic E-state index is 13.2. The molecule has 1 atom stereocenters. The smallest absolute Gasteiger partial charge is 0.256 e. The zero-order valence-corrected chi connectivity index (χ0v) is 17.3. The molecule has 1 saturated heterocycles. The minimum absolute atomic E-state index is 0.249. The third-order valence-electron chi connectivity index (χ3n) is 5.24. The number of rotatable bonds is 8. The Morgan fingerprint density at radius 2 is 2.03 bits per heavy atom. The average Bonchev–Trinajstić information content (AvgIpc) is 2.72. The molecule has 29 heavy (non-hydrogen) atoms. The Morgan fingerprint density at radius 3 is 2.72 bits per heavy atom. The van der Waals surface area contributed by atoms with E-state index in [9.17, 15) is 9.90 Å². The summed E-state index contributed by atoms with van der Waals surface area (Å²) >= 11 is 0. The van der Waals surface area contributed by atoms with E-state index in [0.717, 1.165) is 17.7 Å². The zero-order chi connectivity index (χ0) is 20.9. The van der Waals surface area contributed by atoms with Crippen molar-refractivity contribution in [2.45, 2.75) is 31.5 Å². The number of carbonyl (C=O) groups is 1. The van der Waals surface area contributed by atoms with Crippen LogP contribution in [0.1, 0.15) is 24.1 Å². The fraction of sp³-hybridized carbons (Fsp3) is 0.455. The van der Waals surface area contributed by atoms with Crippen LogP contribution in [-0.4, -0.2) is 65.8 Å². The molecule has 3 rings (SSSR count). The van der Waals surface area contributed by atoms with Gasteiger partial charge in [0.1, 0.15) is 0 Å². The number of para-hydroxylation sites is 1. The SMILES string of the molecule is COc1cccc(CN2CCC[C@@](O)(CN(C)Cc3ccccn3)C2=O)c1OC. The quantitative estimate of drug-likeness (QED) is 0.733. The van der Waals surface area contributed by atoms with Gasteiger partial charge in [0.15, 0.2) is 17.1 Å². The van der Waals surface area contributed by atoms with Crippen LogP contribution in [0.2, 0.25) is 0 Å². The van der Waals surface area contributed by atoms with E-state index in [0.29, 0.717) is 37.6 Å². The van der Waals surface area contributed by atoms with E-state index in [-0.39, 0.29) is 12.5 Å². The maximum absolute atomic E-state index is 13.2. The largest absolute Gasteiger partial charge is 0.493 e. The van der Waals surface area contributed by atoms with E-state index in [2.05, 4.69) is 4.98 Å². The lowest BCUT2D eigenvalue weighted by Crippen LogP contribution is -2.57. The van der Waals surface area contributed by atoms with Crippen LogP contribution < -0.4 is 9.47 Å². The Kier molecular flexibility index (Phi) is 6.71. The third-order valence-corrected chi connectivity index (χ3v) is 5.24. The summed E-state index contributed by atoms with van der Waals surface area (Å²) in [6.45, 7) is 1.80. The highest BCUT2D eigenvalue weighted by Gasteiger charge is 2.43. The number of likely N-dealkylation sites (tertiary alicyclic amines) is 1. The fourth-order valence-corrected chi connectivity index (χ4v) is 3.92. The number of benzene rings is 1. The van der Waals surface area contributed by atoms with E-state index in [4.69, 9.17) is 9.47 Å². The molecule has 2 heterocycles. The Labute approximate surface area is 171 Å². The molecule has 1 aliphatic heterocycles. The highest BCUT2D eigenvalue weighted by molar-refractivity contribution is 5.86. The number of aliphatic hydroxyl groups is 1. The normalized spacial score (nSPS) is 19.5. The molecule has 0 radical (unpaired) electrons. The summed E-state index contributed by atoms with van der Waals surface area (Å²) in [5.41, 5.74) is 0.347. The summed E-state index contributed by atoms with van der Waals surface area (Å²) in [6.07, 6.45) is 2.93. The van der Waals surface area contributed by atoms with Gasteiger partial charge in [0.05, 0.1) is 19.9 Å². The molecule has 0 saturated carbocycles. The van der Waals surface area contributed by atoms with Gasteiger partial charge in [-0.1, -0.05) is 18.2 Å². The van der Waals surface area contributed by atoms with Gasteiger partial charge in [0.25, 0.3) is 5.91 Å². The van der Waals surface area contributed by atoms with Crippen LogP contribution in [0, 0.1) is 0 Å². The monoisotopic (exact) mass is 399 g/mol. The van der Waals surface area contributed by atoms with Crippen molar-refractivity contribution in [3.8, 4) is 11.5 Å². The van der Waals surface area contributed by atoms with Gasteiger partial charge in [-0.2, -0.15) is 0 Å². The van der Waals surface area contributed by atoms with Crippen LogP contribution in [0.25, 0.3) is 0 Å². The number of aromatic nitrogens is 1. The molecular weight excluding hydrogens is 370 g/mol.